The third-order valence-corrected chi connectivity index (χ3v) is 2.91. The van der Waals surface area contributed by atoms with E-state index in [1.165, 1.54) is 12.1 Å². The lowest BCUT2D eigenvalue weighted by Crippen LogP contribution is -2.21. The van der Waals surface area contributed by atoms with Gasteiger partial charge in [-0.3, -0.25) is 0 Å². The Hall–Kier alpha value is -1.12. The highest BCUT2D eigenvalue weighted by molar-refractivity contribution is 9.10. The Morgan fingerprint density at radius 1 is 1.47 bits per heavy atom. The first-order valence-corrected chi connectivity index (χ1v) is 6.21. The summed E-state index contributed by atoms with van der Waals surface area (Å²) in [5, 5.41) is 11.9. The molecule has 1 rings (SSSR count). The van der Waals surface area contributed by atoms with Crippen LogP contribution in [0.4, 0.5) is 4.39 Å². The number of halogens is 2. The van der Waals surface area contributed by atoms with Gasteiger partial charge in [0.25, 0.3) is 0 Å². The van der Waals surface area contributed by atoms with Crippen LogP contribution in [0.25, 0.3) is 0 Å². The van der Waals surface area contributed by atoms with Crippen LogP contribution in [0.3, 0.4) is 0 Å². The number of rotatable bonds is 6. The zero-order valence-corrected chi connectivity index (χ0v) is 11.2. The van der Waals surface area contributed by atoms with Crippen molar-refractivity contribution in [1.29, 1.82) is 5.26 Å². The molecule has 0 spiro atoms. The summed E-state index contributed by atoms with van der Waals surface area (Å²) >= 11 is 3.03. The van der Waals surface area contributed by atoms with Gasteiger partial charge in [-0.05, 0) is 41.0 Å². The van der Waals surface area contributed by atoms with Crippen LogP contribution in [-0.4, -0.2) is 19.7 Å². The molecular formula is C12H14BrFN2O. The predicted octanol–water partition coefficient (Wildman–Crippen LogP) is 2.84. The molecule has 3 nitrogen and oxygen atoms in total. The van der Waals surface area contributed by atoms with E-state index in [9.17, 15) is 4.39 Å². The maximum atomic E-state index is 13.7. The Balaban J connectivity index is 2.55. The first-order valence-electron chi connectivity index (χ1n) is 5.42. The van der Waals surface area contributed by atoms with Crippen molar-refractivity contribution in [3.63, 3.8) is 0 Å². The van der Waals surface area contributed by atoms with Gasteiger partial charge in [0, 0.05) is 6.54 Å². The largest absolute Gasteiger partial charge is 0.489 e. The molecule has 17 heavy (non-hydrogen) atoms. The van der Waals surface area contributed by atoms with E-state index in [4.69, 9.17) is 10.00 Å². The van der Waals surface area contributed by atoms with E-state index in [0.29, 0.717) is 13.2 Å². The van der Waals surface area contributed by atoms with Crippen molar-refractivity contribution < 1.29 is 9.13 Å². The van der Waals surface area contributed by atoms with E-state index in [1.807, 2.05) is 6.07 Å². The average Bonchev–Trinajstić information content (AvgIpc) is 2.34. The SMILES string of the molecule is CCCNCCOc1ccc(C#N)c(Br)c1F. The normalized spacial score (nSPS) is 10.0. The van der Waals surface area contributed by atoms with E-state index in [-0.39, 0.29) is 15.8 Å². The maximum absolute atomic E-state index is 13.7. The minimum Gasteiger partial charge on any atom is -0.489 e. The minimum absolute atomic E-state index is 0.152. The molecule has 0 atom stereocenters. The fourth-order valence-corrected chi connectivity index (χ4v) is 1.68. The van der Waals surface area contributed by atoms with E-state index < -0.39 is 5.82 Å². The fourth-order valence-electron chi connectivity index (χ4n) is 1.26. The van der Waals surface area contributed by atoms with Crippen LogP contribution in [0, 0.1) is 17.1 Å². The minimum atomic E-state index is -0.528. The van der Waals surface area contributed by atoms with Crippen molar-refractivity contribution in [3.05, 3.63) is 28.0 Å². The number of nitriles is 1. The quantitative estimate of drug-likeness (QED) is 0.822. The molecule has 0 amide bonds. The average molecular weight is 301 g/mol. The molecule has 0 radical (unpaired) electrons. The molecule has 1 N–H and O–H groups in total. The highest BCUT2D eigenvalue weighted by atomic mass is 79.9. The Morgan fingerprint density at radius 2 is 2.24 bits per heavy atom. The first kappa shape index (κ1) is 13.9. The molecule has 0 saturated carbocycles. The van der Waals surface area contributed by atoms with E-state index in [0.717, 1.165) is 13.0 Å². The second-order valence-corrected chi connectivity index (χ2v) is 4.24. The van der Waals surface area contributed by atoms with Crippen molar-refractivity contribution in [2.45, 2.75) is 13.3 Å². The fraction of sp³-hybridized carbons (Fsp3) is 0.417. The van der Waals surface area contributed by atoms with Crippen LogP contribution in [0.1, 0.15) is 18.9 Å². The molecule has 0 saturated heterocycles. The first-order chi connectivity index (χ1) is 8.20. The number of ether oxygens (including phenoxy) is 1. The van der Waals surface area contributed by atoms with Crippen LogP contribution in [0.5, 0.6) is 5.75 Å². The van der Waals surface area contributed by atoms with Crippen molar-refractivity contribution in [1.82, 2.24) is 5.32 Å². The van der Waals surface area contributed by atoms with Crippen LogP contribution >= 0.6 is 15.9 Å². The smallest absolute Gasteiger partial charge is 0.180 e. The van der Waals surface area contributed by atoms with Gasteiger partial charge in [-0.15, -0.1) is 0 Å². The van der Waals surface area contributed by atoms with Crippen molar-refractivity contribution in [2.24, 2.45) is 0 Å². The lowest BCUT2D eigenvalue weighted by Gasteiger charge is -2.09. The van der Waals surface area contributed by atoms with Gasteiger partial charge in [0.1, 0.15) is 12.7 Å². The standard InChI is InChI=1S/C12H14BrFN2O/c1-2-5-16-6-7-17-10-4-3-9(8-15)11(13)12(10)14/h3-4,16H,2,5-7H2,1H3. The van der Waals surface area contributed by atoms with Gasteiger partial charge in [0.05, 0.1) is 10.0 Å². The Bertz CT molecular complexity index is 418. The number of hydrogen-bond donors (Lipinski definition) is 1. The summed E-state index contributed by atoms with van der Waals surface area (Å²) in [6.07, 6.45) is 1.05. The highest BCUT2D eigenvalue weighted by Gasteiger charge is 2.11. The summed E-state index contributed by atoms with van der Waals surface area (Å²) in [6.45, 7) is 4.06. The molecule has 0 heterocycles. The maximum Gasteiger partial charge on any atom is 0.180 e. The Labute approximate surface area is 109 Å². The summed E-state index contributed by atoms with van der Waals surface area (Å²) in [7, 11) is 0. The molecule has 0 unspecified atom stereocenters. The zero-order valence-electron chi connectivity index (χ0n) is 9.59. The molecular weight excluding hydrogens is 287 g/mol. The molecule has 0 bridgehead atoms. The molecule has 0 aromatic heterocycles. The van der Waals surface area contributed by atoms with Gasteiger partial charge in [-0.2, -0.15) is 5.26 Å². The molecule has 92 valence electrons. The monoisotopic (exact) mass is 300 g/mol. The third kappa shape index (κ3) is 3.99. The lowest BCUT2D eigenvalue weighted by molar-refractivity contribution is 0.298. The van der Waals surface area contributed by atoms with Gasteiger partial charge in [0.2, 0.25) is 0 Å². The number of nitrogens with one attached hydrogen (secondary N) is 1. The topological polar surface area (TPSA) is 45.0 Å². The second kappa shape index (κ2) is 7.25. The second-order valence-electron chi connectivity index (χ2n) is 3.45. The third-order valence-electron chi connectivity index (χ3n) is 2.13. The van der Waals surface area contributed by atoms with Crippen LogP contribution < -0.4 is 10.1 Å². The lowest BCUT2D eigenvalue weighted by atomic mass is 10.2. The van der Waals surface area contributed by atoms with Crippen LogP contribution in [0.2, 0.25) is 0 Å². The Morgan fingerprint density at radius 3 is 2.88 bits per heavy atom. The molecule has 0 aliphatic carbocycles. The number of hydrogen-bond acceptors (Lipinski definition) is 3. The summed E-state index contributed by atoms with van der Waals surface area (Å²) < 4.78 is 19.1. The van der Waals surface area contributed by atoms with Gasteiger partial charge < -0.3 is 10.1 Å². The van der Waals surface area contributed by atoms with E-state index >= 15 is 0 Å². The van der Waals surface area contributed by atoms with Crippen LogP contribution in [0.15, 0.2) is 16.6 Å². The predicted molar refractivity (Wildman–Crippen MR) is 67.5 cm³/mol. The molecule has 0 aliphatic heterocycles. The summed E-state index contributed by atoms with van der Waals surface area (Å²) in [4.78, 5) is 0. The summed E-state index contributed by atoms with van der Waals surface area (Å²) in [6, 6.07) is 4.89. The van der Waals surface area contributed by atoms with Gasteiger partial charge in [0.15, 0.2) is 11.6 Å². The number of nitrogens with zero attached hydrogens (tertiary/aromatic N) is 1. The van der Waals surface area contributed by atoms with Crippen molar-refractivity contribution in [2.75, 3.05) is 19.7 Å². The van der Waals surface area contributed by atoms with Crippen LogP contribution in [-0.2, 0) is 0 Å². The molecule has 1 aromatic rings. The molecule has 5 heteroatoms. The summed E-state index contributed by atoms with van der Waals surface area (Å²) in [5.41, 5.74) is 0.263. The summed E-state index contributed by atoms with van der Waals surface area (Å²) in [5.74, 6) is -0.367. The highest BCUT2D eigenvalue weighted by Crippen LogP contribution is 2.27. The van der Waals surface area contributed by atoms with Crippen molar-refractivity contribution in [3.8, 4) is 11.8 Å². The van der Waals surface area contributed by atoms with Gasteiger partial charge in [-0.25, -0.2) is 4.39 Å². The van der Waals surface area contributed by atoms with Crippen molar-refractivity contribution >= 4 is 15.9 Å². The van der Waals surface area contributed by atoms with E-state index in [1.54, 1.807) is 0 Å². The molecule has 0 aliphatic rings. The zero-order chi connectivity index (χ0) is 12.7. The van der Waals surface area contributed by atoms with Gasteiger partial charge >= 0.3 is 0 Å². The molecule has 0 fully saturated rings. The Kier molecular flexibility index (Phi) is 5.95. The van der Waals surface area contributed by atoms with E-state index in [2.05, 4.69) is 28.2 Å². The number of benzene rings is 1. The molecule has 1 aromatic carbocycles. The van der Waals surface area contributed by atoms with Gasteiger partial charge in [-0.1, -0.05) is 6.92 Å².